The average molecular weight is 318 g/mol. The van der Waals surface area contributed by atoms with Crippen LogP contribution in [0.2, 0.25) is 0 Å². The minimum atomic E-state index is -0.273. The Kier molecular flexibility index (Phi) is 5.16. The number of thiocarbonyl (C=S) groups is 1. The Balaban J connectivity index is 1.97. The number of benzene rings is 1. The summed E-state index contributed by atoms with van der Waals surface area (Å²) in [5, 5.41) is 17.3. The maximum absolute atomic E-state index is 12.2. The molecule has 0 unspecified atom stereocenters. The molecule has 0 aliphatic carbocycles. The van der Waals surface area contributed by atoms with Gasteiger partial charge < -0.3 is 0 Å². The molecule has 1 aromatic heterocycles. The molecule has 0 radical (unpaired) electrons. The molecule has 1 amide bonds. The number of aryl methyl sites for hydroxylation is 3. The highest BCUT2D eigenvalue weighted by Gasteiger charge is 2.10. The molecule has 0 bridgehead atoms. The predicted octanol–water partition coefficient (Wildman–Crippen LogP) is 1.83. The molecule has 0 aliphatic heterocycles. The molecule has 0 spiro atoms. The molecule has 0 fully saturated rings. The zero-order valence-electron chi connectivity index (χ0n) is 12.8. The lowest BCUT2D eigenvalue weighted by molar-refractivity contribution is 0.0977. The summed E-state index contributed by atoms with van der Waals surface area (Å²) in [5.41, 5.74) is 2.60. The summed E-state index contributed by atoms with van der Waals surface area (Å²) in [7, 11) is 0. The van der Waals surface area contributed by atoms with Gasteiger partial charge in [-0.3, -0.25) is 15.4 Å². The lowest BCUT2D eigenvalue weighted by Crippen LogP contribution is -2.34. The van der Waals surface area contributed by atoms with E-state index in [1.807, 2.05) is 26.8 Å². The fraction of sp³-hybridized carbons (Fsp3) is 0.357. The molecule has 0 saturated carbocycles. The molecule has 7 nitrogen and oxygen atoms in total. The van der Waals surface area contributed by atoms with Crippen LogP contribution in [-0.2, 0) is 6.54 Å². The maximum atomic E-state index is 12.2. The fourth-order valence-corrected chi connectivity index (χ4v) is 2.19. The van der Waals surface area contributed by atoms with Crippen molar-refractivity contribution in [2.75, 3.05) is 5.32 Å². The molecule has 2 aromatic rings. The minimum absolute atomic E-state index is 0.139. The standard InChI is InChI=1S/C14H18N6OS/c1-4-5-20-18-13(17-19-20)16-14(22)15-12(21)11-7-9(2)6-10(3)8-11/h6-8H,4-5H2,1-3H3,(H2,15,16,18,21,22). The van der Waals surface area contributed by atoms with Crippen molar-refractivity contribution in [2.24, 2.45) is 0 Å². The predicted molar refractivity (Wildman–Crippen MR) is 87.7 cm³/mol. The Morgan fingerprint density at radius 1 is 1.27 bits per heavy atom. The van der Waals surface area contributed by atoms with E-state index in [4.69, 9.17) is 12.2 Å². The van der Waals surface area contributed by atoms with Gasteiger partial charge in [0, 0.05) is 5.56 Å². The van der Waals surface area contributed by atoms with Gasteiger partial charge in [0.1, 0.15) is 0 Å². The normalized spacial score (nSPS) is 10.3. The Bertz CT molecular complexity index is 676. The number of anilines is 1. The number of hydrogen-bond donors (Lipinski definition) is 2. The van der Waals surface area contributed by atoms with E-state index in [1.54, 1.807) is 12.1 Å². The van der Waals surface area contributed by atoms with Gasteiger partial charge in [-0.1, -0.05) is 29.2 Å². The molecule has 1 aromatic carbocycles. The van der Waals surface area contributed by atoms with E-state index >= 15 is 0 Å². The van der Waals surface area contributed by atoms with Gasteiger partial charge in [0.25, 0.3) is 11.9 Å². The number of amides is 1. The van der Waals surface area contributed by atoms with Gasteiger partial charge in [-0.15, -0.1) is 5.10 Å². The van der Waals surface area contributed by atoms with Crippen LogP contribution in [0.3, 0.4) is 0 Å². The van der Waals surface area contributed by atoms with Crippen LogP contribution in [0.4, 0.5) is 5.95 Å². The van der Waals surface area contributed by atoms with Crippen LogP contribution < -0.4 is 10.6 Å². The minimum Gasteiger partial charge on any atom is -0.299 e. The number of hydrogen-bond acceptors (Lipinski definition) is 5. The van der Waals surface area contributed by atoms with Crippen LogP contribution in [-0.4, -0.2) is 31.2 Å². The van der Waals surface area contributed by atoms with Crippen LogP contribution in [0.15, 0.2) is 18.2 Å². The third-order valence-corrected chi connectivity index (χ3v) is 3.02. The van der Waals surface area contributed by atoms with E-state index in [0.717, 1.165) is 17.5 Å². The monoisotopic (exact) mass is 318 g/mol. The highest BCUT2D eigenvalue weighted by molar-refractivity contribution is 7.80. The summed E-state index contributed by atoms with van der Waals surface area (Å²) < 4.78 is 0. The van der Waals surface area contributed by atoms with Crippen molar-refractivity contribution in [2.45, 2.75) is 33.7 Å². The lowest BCUT2D eigenvalue weighted by atomic mass is 10.1. The van der Waals surface area contributed by atoms with Crippen molar-refractivity contribution in [3.8, 4) is 0 Å². The molecule has 116 valence electrons. The summed E-state index contributed by atoms with van der Waals surface area (Å²) in [6.07, 6.45) is 0.906. The first kappa shape index (κ1) is 16.0. The van der Waals surface area contributed by atoms with E-state index in [-0.39, 0.29) is 17.0 Å². The quantitative estimate of drug-likeness (QED) is 0.837. The zero-order chi connectivity index (χ0) is 16.1. The van der Waals surface area contributed by atoms with Gasteiger partial charge in [-0.05, 0) is 49.8 Å². The third-order valence-electron chi connectivity index (χ3n) is 2.81. The molecule has 0 atom stereocenters. The Labute approximate surface area is 134 Å². The average Bonchev–Trinajstić information content (AvgIpc) is 2.85. The molecule has 22 heavy (non-hydrogen) atoms. The van der Waals surface area contributed by atoms with E-state index in [2.05, 4.69) is 26.0 Å². The number of tetrazole rings is 1. The molecular weight excluding hydrogens is 300 g/mol. The highest BCUT2D eigenvalue weighted by Crippen LogP contribution is 2.08. The van der Waals surface area contributed by atoms with Crippen molar-refractivity contribution < 1.29 is 4.79 Å². The van der Waals surface area contributed by atoms with Crippen molar-refractivity contribution in [3.05, 3.63) is 34.9 Å². The smallest absolute Gasteiger partial charge is 0.269 e. The van der Waals surface area contributed by atoms with Crippen LogP contribution in [0.1, 0.15) is 34.8 Å². The molecule has 2 N–H and O–H groups in total. The summed E-state index contributed by atoms with van der Waals surface area (Å²) in [5.74, 6) is -0.00979. The number of nitrogens with zero attached hydrogens (tertiary/aromatic N) is 4. The third kappa shape index (κ3) is 4.32. The van der Waals surface area contributed by atoms with E-state index in [1.165, 1.54) is 4.80 Å². The van der Waals surface area contributed by atoms with Crippen LogP contribution in [0.5, 0.6) is 0 Å². The largest absolute Gasteiger partial charge is 0.299 e. The highest BCUT2D eigenvalue weighted by atomic mass is 32.1. The number of aromatic nitrogens is 4. The van der Waals surface area contributed by atoms with Gasteiger partial charge in [0.05, 0.1) is 6.54 Å². The Hall–Kier alpha value is -2.35. The summed E-state index contributed by atoms with van der Waals surface area (Å²) in [4.78, 5) is 13.6. The molecule has 2 rings (SSSR count). The molecular formula is C14H18N6OS. The van der Waals surface area contributed by atoms with Crippen LogP contribution in [0, 0.1) is 13.8 Å². The first-order valence-electron chi connectivity index (χ1n) is 6.96. The van der Waals surface area contributed by atoms with Gasteiger partial charge in [-0.2, -0.15) is 4.80 Å². The van der Waals surface area contributed by atoms with Crippen molar-refractivity contribution in [1.29, 1.82) is 0 Å². The van der Waals surface area contributed by atoms with Gasteiger partial charge >= 0.3 is 0 Å². The lowest BCUT2D eigenvalue weighted by Gasteiger charge is -2.08. The number of rotatable bonds is 4. The van der Waals surface area contributed by atoms with Crippen molar-refractivity contribution >= 4 is 29.2 Å². The second kappa shape index (κ2) is 7.08. The first-order chi connectivity index (χ1) is 10.5. The second-order valence-corrected chi connectivity index (χ2v) is 5.40. The van der Waals surface area contributed by atoms with Gasteiger partial charge in [0.15, 0.2) is 5.11 Å². The molecule has 1 heterocycles. The Morgan fingerprint density at radius 3 is 2.59 bits per heavy atom. The number of carbonyl (C=O) groups excluding carboxylic acids is 1. The first-order valence-corrected chi connectivity index (χ1v) is 7.37. The number of nitrogens with one attached hydrogen (secondary N) is 2. The van der Waals surface area contributed by atoms with Gasteiger partial charge in [-0.25, -0.2) is 0 Å². The maximum Gasteiger partial charge on any atom is 0.269 e. The summed E-state index contributed by atoms with van der Waals surface area (Å²) in [6.45, 7) is 6.58. The van der Waals surface area contributed by atoms with E-state index in [9.17, 15) is 4.79 Å². The summed E-state index contributed by atoms with van der Waals surface area (Å²) in [6, 6.07) is 5.62. The van der Waals surface area contributed by atoms with Gasteiger partial charge in [0.2, 0.25) is 0 Å². The second-order valence-electron chi connectivity index (χ2n) is 4.99. The van der Waals surface area contributed by atoms with Crippen LogP contribution >= 0.6 is 12.2 Å². The molecule has 8 heteroatoms. The van der Waals surface area contributed by atoms with E-state index in [0.29, 0.717) is 12.1 Å². The summed E-state index contributed by atoms with van der Waals surface area (Å²) >= 11 is 5.09. The topological polar surface area (TPSA) is 84.7 Å². The SMILES string of the molecule is CCCn1nnc(NC(=S)NC(=O)c2cc(C)cc(C)c2)n1. The van der Waals surface area contributed by atoms with E-state index < -0.39 is 0 Å². The molecule has 0 saturated heterocycles. The van der Waals surface area contributed by atoms with Crippen molar-refractivity contribution in [3.63, 3.8) is 0 Å². The van der Waals surface area contributed by atoms with Crippen molar-refractivity contribution in [1.82, 2.24) is 25.5 Å². The molecule has 0 aliphatic rings. The Morgan fingerprint density at radius 2 is 1.95 bits per heavy atom. The zero-order valence-corrected chi connectivity index (χ0v) is 13.6. The van der Waals surface area contributed by atoms with Crippen LogP contribution in [0.25, 0.3) is 0 Å². The fourth-order valence-electron chi connectivity index (χ4n) is 2.00. The number of carbonyl (C=O) groups is 1.